The van der Waals surface area contributed by atoms with Gasteiger partial charge in [-0.15, -0.1) is 0 Å². The molecule has 0 saturated carbocycles. The molecule has 0 radical (unpaired) electrons. The number of aromatic nitrogens is 2. The molecule has 1 aromatic carbocycles. The van der Waals surface area contributed by atoms with Crippen molar-refractivity contribution in [3.8, 4) is 0 Å². The van der Waals surface area contributed by atoms with E-state index in [1.807, 2.05) is 16.8 Å². The van der Waals surface area contributed by atoms with Crippen LogP contribution in [0.2, 0.25) is 0 Å². The summed E-state index contributed by atoms with van der Waals surface area (Å²) in [6.45, 7) is 5.22. The van der Waals surface area contributed by atoms with E-state index in [0.717, 1.165) is 44.5 Å². The van der Waals surface area contributed by atoms with Crippen LogP contribution in [0.4, 0.5) is 0 Å². The molecular weight excluding hydrogens is 364 g/mol. The molecule has 1 amide bonds. The van der Waals surface area contributed by atoms with Crippen molar-refractivity contribution in [3.63, 3.8) is 0 Å². The van der Waals surface area contributed by atoms with Crippen LogP contribution in [0.1, 0.15) is 41.3 Å². The lowest BCUT2D eigenvalue weighted by atomic mass is 9.95. The average Bonchev–Trinajstić information content (AvgIpc) is 3.13. The largest absolute Gasteiger partial charge is 0.298 e. The number of nitrogens with zero attached hydrogens (tertiary/aromatic N) is 3. The Balaban J connectivity index is 1.40. The maximum absolute atomic E-state index is 11.2. The summed E-state index contributed by atoms with van der Waals surface area (Å²) in [5, 5.41) is 13.4. The lowest BCUT2D eigenvalue weighted by Gasteiger charge is -2.29. The molecule has 29 heavy (non-hydrogen) atoms. The van der Waals surface area contributed by atoms with Crippen LogP contribution in [-0.4, -0.2) is 38.7 Å². The van der Waals surface area contributed by atoms with Gasteiger partial charge in [0.2, 0.25) is 5.91 Å². The predicted molar refractivity (Wildman–Crippen MR) is 112 cm³/mol. The number of benzene rings is 1. The van der Waals surface area contributed by atoms with E-state index in [1.165, 1.54) is 27.9 Å². The van der Waals surface area contributed by atoms with Crippen LogP contribution in [0, 0.1) is 0 Å². The minimum absolute atomic E-state index is 0.306. The Morgan fingerprint density at radius 1 is 1.21 bits per heavy atom. The highest BCUT2D eigenvalue weighted by atomic mass is 16.5. The first-order valence-electron chi connectivity index (χ1n) is 10.4. The summed E-state index contributed by atoms with van der Waals surface area (Å²) in [5.41, 5.74) is 9.40. The third-order valence-corrected chi connectivity index (χ3v) is 5.87. The highest BCUT2D eigenvalue weighted by Crippen LogP contribution is 2.23. The molecule has 0 saturated heterocycles. The lowest BCUT2D eigenvalue weighted by molar-refractivity contribution is -0.129. The summed E-state index contributed by atoms with van der Waals surface area (Å²) >= 11 is 0. The monoisotopic (exact) mass is 392 g/mol. The minimum atomic E-state index is -0.340. The zero-order valence-corrected chi connectivity index (χ0v) is 16.9. The molecule has 2 N–H and O–H groups in total. The molecule has 3 aromatic rings. The van der Waals surface area contributed by atoms with Crippen molar-refractivity contribution in [2.45, 2.75) is 45.6 Å². The number of fused-ring (bicyclic) bond motifs is 2. The smallest absolute Gasteiger partial charge is 0.243 e. The van der Waals surface area contributed by atoms with E-state index in [4.69, 9.17) is 10.3 Å². The first kappa shape index (κ1) is 19.6. The molecule has 4 rings (SSSR count). The van der Waals surface area contributed by atoms with E-state index in [1.54, 1.807) is 5.48 Å². The van der Waals surface area contributed by atoms with Gasteiger partial charge in [-0.05, 0) is 54.5 Å². The molecule has 1 aliphatic rings. The fraction of sp³-hybridized carbons (Fsp3) is 0.391. The van der Waals surface area contributed by atoms with Gasteiger partial charge in [-0.2, -0.15) is 5.10 Å². The Kier molecular flexibility index (Phi) is 5.92. The second kappa shape index (κ2) is 8.76. The highest BCUT2D eigenvalue weighted by molar-refractivity contribution is 5.74. The number of carbonyl (C=O) groups is 1. The van der Waals surface area contributed by atoms with Gasteiger partial charge in [-0.1, -0.05) is 31.2 Å². The zero-order chi connectivity index (χ0) is 20.2. The van der Waals surface area contributed by atoms with Crippen LogP contribution in [0.5, 0.6) is 0 Å². The van der Waals surface area contributed by atoms with Crippen molar-refractivity contribution in [2.24, 2.45) is 0 Å². The highest BCUT2D eigenvalue weighted by Gasteiger charge is 2.18. The zero-order valence-electron chi connectivity index (χ0n) is 16.9. The number of rotatable bonds is 7. The van der Waals surface area contributed by atoms with Gasteiger partial charge in [0.15, 0.2) is 0 Å². The number of aryl methyl sites for hydroxylation is 2. The van der Waals surface area contributed by atoms with Crippen LogP contribution in [-0.2, 0) is 37.0 Å². The van der Waals surface area contributed by atoms with Crippen molar-refractivity contribution >= 4 is 11.4 Å². The number of nitrogens with one attached hydrogen (secondary N) is 1. The summed E-state index contributed by atoms with van der Waals surface area (Å²) in [6.07, 6.45) is 5.98. The average molecular weight is 393 g/mol. The molecule has 6 nitrogen and oxygen atoms in total. The fourth-order valence-electron chi connectivity index (χ4n) is 4.25. The maximum atomic E-state index is 11.2. The Hall–Kier alpha value is -2.70. The number of pyridine rings is 1. The van der Waals surface area contributed by atoms with Crippen molar-refractivity contribution < 1.29 is 10.0 Å². The summed E-state index contributed by atoms with van der Waals surface area (Å²) < 4.78 is 2.00. The van der Waals surface area contributed by atoms with Crippen LogP contribution in [0.15, 0.2) is 42.6 Å². The van der Waals surface area contributed by atoms with Crippen LogP contribution in [0.3, 0.4) is 0 Å². The van der Waals surface area contributed by atoms with Crippen molar-refractivity contribution in [2.75, 3.05) is 13.1 Å². The molecule has 0 spiro atoms. The van der Waals surface area contributed by atoms with Gasteiger partial charge < -0.3 is 0 Å². The second-order valence-electron chi connectivity index (χ2n) is 7.72. The van der Waals surface area contributed by atoms with Gasteiger partial charge in [0.1, 0.15) is 0 Å². The van der Waals surface area contributed by atoms with Crippen molar-refractivity contribution in [1.82, 2.24) is 20.0 Å². The third kappa shape index (κ3) is 4.33. The molecule has 0 aliphatic carbocycles. The van der Waals surface area contributed by atoms with Crippen LogP contribution < -0.4 is 5.48 Å². The summed E-state index contributed by atoms with van der Waals surface area (Å²) in [4.78, 5) is 13.8. The Labute approximate surface area is 171 Å². The van der Waals surface area contributed by atoms with E-state index in [9.17, 15) is 4.79 Å². The van der Waals surface area contributed by atoms with Crippen molar-refractivity contribution in [3.05, 3.63) is 70.5 Å². The minimum Gasteiger partial charge on any atom is -0.298 e. The molecule has 1 aliphatic heterocycles. The van der Waals surface area contributed by atoms with Gasteiger partial charge in [0, 0.05) is 37.8 Å². The number of hydroxylamine groups is 1. The van der Waals surface area contributed by atoms with Gasteiger partial charge >= 0.3 is 0 Å². The normalized spacial score (nSPS) is 14.1. The SMILES string of the molecule is CCc1nn2ccccc2c1CCN1CCc2cc(CCC(=O)NO)ccc2C1. The van der Waals surface area contributed by atoms with Gasteiger partial charge in [0.25, 0.3) is 0 Å². The molecule has 0 atom stereocenters. The van der Waals surface area contributed by atoms with Gasteiger partial charge in [0.05, 0.1) is 11.2 Å². The molecule has 6 heteroatoms. The first-order valence-corrected chi connectivity index (χ1v) is 10.4. The van der Waals surface area contributed by atoms with Gasteiger partial charge in [-0.3, -0.25) is 14.9 Å². The molecule has 2 aromatic heterocycles. The topological polar surface area (TPSA) is 69.9 Å². The van der Waals surface area contributed by atoms with E-state index in [2.05, 4.69) is 42.2 Å². The van der Waals surface area contributed by atoms with E-state index in [0.29, 0.717) is 12.8 Å². The third-order valence-electron chi connectivity index (χ3n) is 5.87. The Bertz CT molecular complexity index is 1010. The van der Waals surface area contributed by atoms with E-state index < -0.39 is 0 Å². The molecule has 0 unspecified atom stereocenters. The Morgan fingerprint density at radius 2 is 2.10 bits per heavy atom. The molecular formula is C23H28N4O2. The molecule has 0 fully saturated rings. The number of hydrogen-bond donors (Lipinski definition) is 2. The summed E-state index contributed by atoms with van der Waals surface area (Å²) in [6, 6.07) is 12.8. The number of amides is 1. The standard InChI is InChI=1S/C23H28N4O2/c1-2-21-20(22-5-3-4-12-27(22)24-21)11-14-26-13-10-18-15-17(6-8-19(18)16-26)7-9-23(28)25-29/h3-6,8,12,15,29H,2,7,9-11,13-14,16H2,1H3,(H,25,28). The molecule has 0 bridgehead atoms. The van der Waals surface area contributed by atoms with Crippen molar-refractivity contribution in [1.29, 1.82) is 0 Å². The number of carbonyl (C=O) groups excluding carboxylic acids is 1. The first-order chi connectivity index (χ1) is 14.2. The van der Waals surface area contributed by atoms with E-state index in [-0.39, 0.29) is 5.91 Å². The quantitative estimate of drug-likeness (QED) is 0.479. The molecule has 3 heterocycles. The van der Waals surface area contributed by atoms with Crippen LogP contribution >= 0.6 is 0 Å². The Morgan fingerprint density at radius 3 is 2.93 bits per heavy atom. The number of hydrogen-bond acceptors (Lipinski definition) is 4. The van der Waals surface area contributed by atoms with Gasteiger partial charge in [-0.25, -0.2) is 10.00 Å². The van der Waals surface area contributed by atoms with Crippen LogP contribution in [0.25, 0.3) is 5.52 Å². The second-order valence-corrected chi connectivity index (χ2v) is 7.72. The predicted octanol–water partition coefficient (Wildman–Crippen LogP) is 2.94. The molecule has 152 valence electrons. The summed E-state index contributed by atoms with van der Waals surface area (Å²) in [5.74, 6) is -0.340. The summed E-state index contributed by atoms with van der Waals surface area (Å²) in [7, 11) is 0. The fourth-order valence-corrected chi connectivity index (χ4v) is 4.25. The van der Waals surface area contributed by atoms with E-state index >= 15 is 0 Å². The maximum Gasteiger partial charge on any atom is 0.243 e. The lowest BCUT2D eigenvalue weighted by Crippen LogP contribution is -2.32.